The molecule has 0 aliphatic rings. The van der Waals surface area contributed by atoms with E-state index in [0.717, 1.165) is 21.9 Å². The normalized spacial score (nSPS) is 11.2. The van der Waals surface area contributed by atoms with Crippen LogP contribution in [0.1, 0.15) is 0 Å². The molecule has 6 heteroatoms. The van der Waals surface area contributed by atoms with E-state index >= 15 is 0 Å². The molecule has 4 nitrogen and oxygen atoms in total. The number of para-hydroxylation sites is 2. The zero-order valence-corrected chi connectivity index (χ0v) is 12.2. The van der Waals surface area contributed by atoms with Gasteiger partial charge in [-0.05, 0) is 12.1 Å². The van der Waals surface area contributed by atoms with E-state index in [4.69, 9.17) is 21.1 Å². The number of nitrogens with one attached hydrogen (secondary N) is 1. The topological polar surface area (TPSA) is 47.1 Å². The maximum absolute atomic E-state index is 5.49. The van der Waals surface area contributed by atoms with Crippen LogP contribution < -0.4 is 0 Å². The van der Waals surface area contributed by atoms with Gasteiger partial charge in [0.15, 0.2) is 5.16 Å². The van der Waals surface area contributed by atoms with Gasteiger partial charge in [0, 0.05) is 11.6 Å². The lowest BCUT2D eigenvalue weighted by molar-refractivity contribution is 0.0602. The highest BCUT2D eigenvalue weighted by Gasteiger charge is 2.01. The van der Waals surface area contributed by atoms with Gasteiger partial charge in [0.1, 0.15) is 0 Å². The molecule has 1 aromatic carbocycles. The molecule has 104 valence electrons. The molecular weight excluding hydrogens is 284 g/mol. The number of aromatic amines is 1. The Hall–Kier alpha value is -0.750. The molecule has 0 amide bonds. The lowest BCUT2D eigenvalue weighted by Gasteiger charge is -2.03. The fourth-order valence-corrected chi connectivity index (χ4v) is 2.42. The van der Waals surface area contributed by atoms with Gasteiger partial charge in [0.25, 0.3) is 0 Å². The number of ether oxygens (including phenoxy) is 2. The molecule has 19 heavy (non-hydrogen) atoms. The minimum absolute atomic E-state index is 0.530. The molecule has 2 rings (SSSR count). The van der Waals surface area contributed by atoms with Crippen molar-refractivity contribution in [1.29, 1.82) is 0 Å². The van der Waals surface area contributed by atoms with E-state index in [1.807, 2.05) is 24.3 Å². The summed E-state index contributed by atoms with van der Waals surface area (Å²) in [5, 5.41) is 0.934. The third-order valence-electron chi connectivity index (χ3n) is 2.43. The fraction of sp³-hybridized carbons (Fsp3) is 0.462. The van der Waals surface area contributed by atoms with Crippen LogP contribution in [0.15, 0.2) is 29.4 Å². The average molecular weight is 301 g/mol. The van der Waals surface area contributed by atoms with Gasteiger partial charge in [-0.15, -0.1) is 11.6 Å². The summed E-state index contributed by atoms with van der Waals surface area (Å²) >= 11 is 7.15. The van der Waals surface area contributed by atoms with E-state index in [0.29, 0.717) is 32.3 Å². The number of aromatic nitrogens is 2. The number of fused-ring (bicyclic) bond motifs is 1. The number of thioether (sulfide) groups is 1. The predicted molar refractivity (Wildman–Crippen MR) is 79.2 cm³/mol. The molecule has 0 aliphatic carbocycles. The first-order valence-electron chi connectivity index (χ1n) is 6.19. The van der Waals surface area contributed by atoms with Crippen molar-refractivity contribution in [3.05, 3.63) is 24.3 Å². The number of halogens is 1. The van der Waals surface area contributed by atoms with E-state index in [1.165, 1.54) is 0 Å². The summed E-state index contributed by atoms with van der Waals surface area (Å²) < 4.78 is 10.7. The van der Waals surface area contributed by atoms with Gasteiger partial charge in [-0.25, -0.2) is 4.98 Å². The number of hydrogen-bond acceptors (Lipinski definition) is 4. The second-order valence-electron chi connectivity index (χ2n) is 3.82. The van der Waals surface area contributed by atoms with Gasteiger partial charge in [-0.3, -0.25) is 0 Å². The standard InChI is InChI=1S/C13H17ClN2O2S/c14-5-6-17-7-8-18-9-10-19-13-15-11-3-1-2-4-12(11)16-13/h1-4H,5-10H2,(H,15,16). The van der Waals surface area contributed by atoms with E-state index in [1.54, 1.807) is 11.8 Å². The maximum Gasteiger partial charge on any atom is 0.166 e. The summed E-state index contributed by atoms with van der Waals surface area (Å²) in [6.45, 7) is 2.48. The molecule has 1 heterocycles. The van der Waals surface area contributed by atoms with Crippen LogP contribution in [0, 0.1) is 0 Å². The van der Waals surface area contributed by atoms with Crippen LogP contribution in [0.4, 0.5) is 0 Å². The van der Waals surface area contributed by atoms with Gasteiger partial charge >= 0.3 is 0 Å². The zero-order chi connectivity index (χ0) is 13.3. The number of hydrogen-bond donors (Lipinski definition) is 1. The number of rotatable bonds is 9. The van der Waals surface area contributed by atoms with Crippen molar-refractivity contribution in [2.75, 3.05) is 38.1 Å². The monoisotopic (exact) mass is 300 g/mol. The van der Waals surface area contributed by atoms with Crippen molar-refractivity contribution in [2.45, 2.75) is 5.16 Å². The second-order valence-corrected chi connectivity index (χ2v) is 5.28. The number of imidazole rings is 1. The first-order valence-corrected chi connectivity index (χ1v) is 7.71. The Kier molecular flexibility index (Phi) is 6.50. The van der Waals surface area contributed by atoms with Crippen LogP contribution in [-0.4, -0.2) is 48.0 Å². The predicted octanol–water partition coefficient (Wildman–Crippen LogP) is 2.93. The lowest BCUT2D eigenvalue weighted by Crippen LogP contribution is -2.07. The Morgan fingerprint density at radius 2 is 1.89 bits per heavy atom. The molecule has 0 fully saturated rings. The average Bonchev–Trinajstić information content (AvgIpc) is 2.84. The van der Waals surface area contributed by atoms with Gasteiger partial charge in [-0.2, -0.15) is 0 Å². The summed E-state index contributed by atoms with van der Waals surface area (Å²) in [5.41, 5.74) is 2.07. The molecule has 0 radical (unpaired) electrons. The highest BCUT2D eigenvalue weighted by Crippen LogP contribution is 2.18. The highest BCUT2D eigenvalue weighted by atomic mass is 35.5. The van der Waals surface area contributed by atoms with Crippen molar-refractivity contribution in [3.63, 3.8) is 0 Å². The number of nitrogens with zero attached hydrogens (tertiary/aromatic N) is 1. The third kappa shape index (κ3) is 5.03. The molecule has 0 atom stereocenters. The van der Waals surface area contributed by atoms with Crippen LogP contribution in [0.2, 0.25) is 0 Å². The first kappa shape index (κ1) is 14.7. The van der Waals surface area contributed by atoms with E-state index in [-0.39, 0.29) is 0 Å². The molecular formula is C13H17ClN2O2S. The molecule has 0 bridgehead atoms. The van der Waals surface area contributed by atoms with E-state index in [9.17, 15) is 0 Å². The Morgan fingerprint density at radius 1 is 1.11 bits per heavy atom. The molecule has 2 aromatic rings. The van der Waals surface area contributed by atoms with E-state index < -0.39 is 0 Å². The summed E-state index contributed by atoms with van der Waals surface area (Å²) in [6.07, 6.45) is 0. The van der Waals surface area contributed by atoms with Crippen LogP contribution in [0.5, 0.6) is 0 Å². The number of alkyl halides is 1. The molecule has 0 saturated carbocycles. The fourth-order valence-electron chi connectivity index (χ4n) is 1.57. The quantitative estimate of drug-likeness (QED) is 0.439. The van der Waals surface area contributed by atoms with Crippen molar-refractivity contribution in [3.8, 4) is 0 Å². The molecule has 1 N–H and O–H groups in total. The van der Waals surface area contributed by atoms with Crippen LogP contribution in [-0.2, 0) is 9.47 Å². The van der Waals surface area contributed by atoms with Crippen LogP contribution in [0.3, 0.4) is 0 Å². The molecule has 0 unspecified atom stereocenters. The lowest BCUT2D eigenvalue weighted by atomic mass is 10.3. The second kappa shape index (κ2) is 8.43. The largest absolute Gasteiger partial charge is 0.378 e. The molecule has 0 aliphatic heterocycles. The van der Waals surface area contributed by atoms with Crippen molar-refractivity contribution < 1.29 is 9.47 Å². The summed E-state index contributed by atoms with van der Waals surface area (Å²) in [6, 6.07) is 8.01. The van der Waals surface area contributed by atoms with Crippen LogP contribution in [0.25, 0.3) is 11.0 Å². The van der Waals surface area contributed by atoms with Crippen molar-refractivity contribution in [1.82, 2.24) is 9.97 Å². The highest BCUT2D eigenvalue weighted by molar-refractivity contribution is 7.99. The number of benzene rings is 1. The van der Waals surface area contributed by atoms with E-state index in [2.05, 4.69) is 9.97 Å². The Labute approximate surface area is 121 Å². The van der Waals surface area contributed by atoms with Gasteiger partial charge in [-0.1, -0.05) is 23.9 Å². The summed E-state index contributed by atoms with van der Waals surface area (Å²) in [5.74, 6) is 1.40. The minimum Gasteiger partial charge on any atom is -0.378 e. The third-order valence-corrected chi connectivity index (χ3v) is 3.42. The SMILES string of the molecule is ClCCOCCOCCSc1nc2ccccc2[nH]1. The van der Waals surface area contributed by atoms with Gasteiger partial charge in [0.05, 0.1) is 37.5 Å². The van der Waals surface area contributed by atoms with Crippen molar-refractivity contribution >= 4 is 34.4 Å². The molecule has 0 spiro atoms. The van der Waals surface area contributed by atoms with Crippen molar-refractivity contribution in [2.24, 2.45) is 0 Å². The summed E-state index contributed by atoms with van der Waals surface area (Å²) in [4.78, 5) is 7.75. The van der Waals surface area contributed by atoms with Gasteiger partial charge < -0.3 is 14.5 Å². The number of H-pyrrole nitrogens is 1. The zero-order valence-electron chi connectivity index (χ0n) is 10.6. The Morgan fingerprint density at radius 3 is 2.68 bits per heavy atom. The first-order chi connectivity index (χ1) is 9.40. The van der Waals surface area contributed by atoms with Gasteiger partial charge in [0.2, 0.25) is 0 Å². The smallest absolute Gasteiger partial charge is 0.166 e. The summed E-state index contributed by atoms with van der Waals surface area (Å²) in [7, 11) is 0. The minimum atomic E-state index is 0.530. The maximum atomic E-state index is 5.49. The molecule has 1 aromatic heterocycles. The molecule has 0 saturated heterocycles. The Bertz CT molecular complexity index is 459. The Balaban J connectivity index is 1.60. The van der Waals surface area contributed by atoms with Crippen LogP contribution >= 0.6 is 23.4 Å².